The van der Waals surface area contributed by atoms with Crippen LogP contribution in [0.5, 0.6) is 0 Å². The SMILES string of the molecule is CCC1O[C@H](O[C@H]2O[C@H](COCc3ccccc3)[C@@H](C)C(OCc3ccccc3)C2C)C(OCc2ccccc2)[C@@H](OCc2ccccc2)[C@@H]1OCC=C(C)C. The van der Waals surface area contributed by atoms with E-state index in [-0.39, 0.29) is 30.1 Å². The third-order valence-corrected chi connectivity index (χ3v) is 10.7. The van der Waals surface area contributed by atoms with Crippen LogP contribution in [0, 0.1) is 11.8 Å². The lowest BCUT2D eigenvalue weighted by Gasteiger charge is -2.49. The van der Waals surface area contributed by atoms with Gasteiger partial charge in [0.1, 0.15) is 18.3 Å². The van der Waals surface area contributed by atoms with E-state index in [4.69, 9.17) is 37.9 Å². The largest absolute Gasteiger partial charge is 0.374 e. The van der Waals surface area contributed by atoms with Gasteiger partial charge in [0.15, 0.2) is 12.6 Å². The number of allylic oxidation sites excluding steroid dienone is 1. The Morgan fingerprint density at radius 1 is 0.518 bits per heavy atom. The van der Waals surface area contributed by atoms with Crippen molar-refractivity contribution in [3.05, 3.63) is 155 Å². The van der Waals surface area contributed by atoms with Crippen LogP contribution in [0.25, 0.3) is 0 Å². The van der Waals surface area contributed by atoms with Gasteiger partial charge in [0, 0.05) is 11.8 Å². The molecule has 2 heterocycles. The summed E-state index contributed by atoms with van der Waals surface area (Å²) < 4.78 is 54.1. The van der Waals surface area contributed by atoms with Crippen LogP contribution in [0.15, 0.2) is 133 Å². The minimum atomic E-state index is -0.825. The lowest BCUT2D eigenvalue weighted by molar-refractivity contribution is -0.376. The molecular weight excluding hydrogens is 705 g/mol. The highest BCUT2D eigenvalue weighted by molar-refractivity contribution is 5.16. The second-order valence-corrected chi connectivity index (χ2v) is 15.2. The Labute approximate surface area is 334 Å². The first-order chi connectivity index (χ1) is 27.4. The van der Waals surface area contributed by atoms with Gasteiger partial charge in [0.05, 0.1) is 58.0 Å². The topological polar surface area (TPSA) is 73.8 Å². The van der Waals surface area contributed by atoms with Gasteiger partial charge < -0.3 is 37.9 Å². The second-order valence-electron chi connectivity index (χ2n) is 15.2. The lowest BCUT2D eigenvalue weighted by Crippen LogP contribution is -2.62. The van der Waals surface area contributed by atoms with Crippen LogP contribution in [0.4, 0.5) is 0 Å². The molecule has 8 nitrogen and oxygen atoms in total. The number of benzene rings is 4. The summed E-state index contributed by atoms with van der Waals surface area (Å²) >= 11 is 0. The molecule has 4 aromatic carbocycles. The van der Waals surface area contributed by atoms with Gasteiger partial charge in [-0.15, -0.1) is 0 Å². The highest BCUT2D eigenvalue weighted by Gasteiger charge is 2.51. The molecule has 0 bridgehead atoms. The molecule has 0 aromatic heterocycles. The summed E-state index contributed by atoms with van der Waals surface area (Å²) in [6.45, 7) is 13.1. The highest BCUT2D eigenvalue weighted by atomic mass is 16.8. The van der Waals surface area contributed by atoms with E-state index in [0.29, 0.717) is 46.1 Å². The molecule has 10 atom stereocenters. The predicted octanol–water partition coefficient (Wildman–Crippen LogP) is 9.46. The van der Waals surface area contributed by atoms with Crippen molar-refractivity contribution in [1.82, 2.24) is 0 Å². The Hall–Kier alpha value is -3.70. The zero-order valence-electron chi connectivity index (χ0n) is 33.6. The van der Waals surface area contributed by atoms with E-state index in [0.717, 1.165) is 22.3 Å². The Balaban J connectivity index is 1.28. The van der Waals surface area contributed by atoms with E-state index in [2.05, 4.69) is 89.2 Å². The van der Waals surface area contributed by atoms with Gasteiger partial charge in [-0.2, -0.15) is 0 Å². The number of rotatable bonds is 19. The standard InChI is InChI=1S/C48H60O8/c1-6-41-44(50-28-27-34(2)3)45(52-31-39-23-15-9-16-24-39)46(53-32-40-25-17-10-18-26-40)48(54-41)56-47-36(5)43(51-30-38-21-13-8-14-22-38)35(4)42(55-47)33-49-29-37-19-11-7-12-20-37/h7-27,35-36,41-48H,6,28-33H2,1-5H3/t35-,36?,41?,42-,43?,44-,45+,46?,47-,48-/m1/s1. The quantitative estimate of drug-likeness (QED) is 0.0875. The van der Waals surface area contributed by atoms with E-state index in [1.165, 1.54) is 5.57 Å². The molecule has 300 valence electrons. The Bertz CT molecular complexity index is 1700. The Morgan fingerprint density at radius 3 is 1.48 bits per heavy atom. The van der Waals surface area contributed by atoms with Crippen LogP contribution in [0.1, 0.15) is 63.3 Å². The summed E-state index contributed by atoms with van der Waals surface area (Å²) in [7, 11) is 0. The average Bonchev–Trinajstić information content (AvgIpc) is 3.22. The molecule has 4 unspecified atom stereocenters. The zero-order valence-corrected chi connectivity index (χ0v) is 33.6. The van der Waals surface area contributed by atoms with Crippen LogP contribution in [-0.2, 0) is 64.3 Å². The average molecular weight is 765 g/mol. The smallest absolute Gasteiger partial charge is 0.189 e. The van der Waals surface area contributed by atoms with Crippen molar-refractivity contribution in [3.63, 3.8) is 0 Å². The number of ether oxygens (including phenoxy) is 8. The fourth-order valence-corrected chi connectivity index (χ4v) is 7.43. The molecule has 56 heavy (non-hydrogen) atoms. The summed E-state index contributed by atoms with van der Waals surface area (Å²) in [5, 5.41) is 0. The predicted molar refractivity (Wildman–Crippen MR) is 217 cm³/mol. The molecule has 0 radical (unpaired) electrons. The monoisotopic (exact) mass is 764 g/mol. The molecule has 2 saturated heterocycles. The van der Waals surface area contributed by atoms with E-state index >= 15 is 0 Å². The molecule has 0 aliphatic carbocycles. The molecule has 2 aliphatic rings. The first kappa shape index (κ1) is 41.9. The third-order valence-electron chi connectivity index (χ3n) is 10.7. The number of hydrogen-bond donors (Lipinski definition) is 0. The van der Waals surface area contributed by atoms with E-state index in [9.17, 15) is 0 Å². The van der Waals surface area contributed by atoms with Gasteiger partial charge >= 0.3 is 0 Å². The van der Waals surface area contributed by atoms with E-state index < -0.39 is 30.9 Å². The van der Waals surface area contributed by atoms with Crippen molar-refractivity contribution in [1.29, 1.82) is 0 Å². The zero-order chi connectivity index (χ0) is 39.1. The maximum atomic E-state index is 7.02. The van der Waals surface area contributed by atoms with E-state index in [1.54, 1.807) is 0 Å². The first-order valence-electron chi connectivity index (χ1n) is 20.2. The lowest BCUT2D eigenvalue weighted by atomic mass is 9.85. The van der Waals surface area contributed by atoms with Crippen molar-refractivity contribution in [2.75, 3.05) is 13.2 Å². The number of hydrogen-bond acceptors (Lipinski definition) is 8. The maximum absolute atomic E-state index is 7.02. The van der Waals surface area contributed by atoms with Gasteiger partial charge in [-0.3, -0.25) is 0 Å². The summed E-state index contributed by atoms with van der Waals surface area (Å²) in [6, 6.07) is 40.8. The van der Waals surface area contributed by atoms with Crippen molar-refractivity contribution < 1.29 is 37.9 Å². The molecule has 0 spiro atoms. The van der Waals surface area contributed by atoms with Crippen LogP contribution in [0.3, 0.4) is 0 Å². The Morgan fingerprint density at radius 2 is 0.982 bits per heavy atom. The third kappa shape index (κ3) is 11.9. The molecular formula is C48H60O8. The fraction of sp³-hybridized carbons (Fsp3) is 0.458. The van der Waals surface area contributed by atoms with Gasteiger partial charge in [-0.25, -0.2) is 0 Å². The normalized spacial score (nSPS) is 27.8. The van der Waals surface area contributed by atoms with Crippen LogP contribution in [0.2, 0.25) is 0 Å². The van der Waals surface area contributed by atoms with Crippen molar-refractivity contribution in [3.8, 4) is 0 Å². The molecule has 8 heteroatoms. The summed E-state index contributed by atoms with van der Waals surface area (Å²) in [5.74, 6) is -0.118. The maximum Gasteiger partial charge on any atom is 0.189 e. The van der Waals surface area contributed by atoms with Gasteiger partial charge in [0.25, 0.3) is 0 Å². The van der Waals surface area contributed by atoms with Crippen molar-refractivity contribution in [2.45, 2.75) is 117 Å². The van der Waals surface area contributed by atoms with Crippen molar-refractivity contribution >= 4 is 0 Å². The molecule has 6 rings (SSSR count). The van der Waals surface area contributed by atoms with E-state index in [1.807, 2.05) is 72.8 Å². The van der Waals surface area contributed by atoms with Gasteiger partial charge in [-0.1, -0.05) is 154 Å². The minimum absolute atomic E-state index is 0.0277. The van der Waals surface area contributed by atoms with Crippen LogP contribution >= 0.6 is 0 Å². The van der Waals surface area contributed by atoms with Crippen LogP contribution < -0.4 is 0 Å². The van der Waals surface area contributed by atoms with Crippen molar-refractivity contribution in [2.24, 2.45) is 11.8 Å². The summed E-state index contributed by atoms with van der Waals surface area (Å²) in [6.07, 6.45) is -1.11. The molecule has 4 aromatic rings. The summed E-state index contributed by atoms with van der Waals surface area (Å²) in [5.41, 5.74) is 5.49. The molecule has 2 aliphatic heterocycles. The van der Waals surface area contributed by atoms with Gasteiger partial charge in [-0.05, 0) is 42.5 Å². The minimum Gasteiger partial charge on any atom is -0.374 e. The second kappa shape index (κ2) is 21.7. The molecule has 0 saturated carbocycles. The molecule has 0 N–H and O–H groups in total. The molecule has 0 amide bonds. The summed E-state index contributed by atoms with van der Waals surface area (Å²) in [4.78, 5) is 0. The van der Waals surface area contributed by atoms with Crippen LogP contribution in [-0.4, -0.2) is 62.4 Å². The fourth-order valence-electron chi connectivity index (χ4n) is 7.43. The van der Waals surface area contributed by atoms with Gasteiger partial charge in [0.2, 0.25) is 0 Å². The first-order valence-corrected chi connectivity index (χ1v) is 20.2. The molecule has 2 fully saturated rings. The Kier molecular flexibility index (Phi) is 16.3. The highest BCUT2D eigenvalue weighted by Crippen LogP contribution is 2.38.